The SMILES string of the molecule is CCC(O)(CC)C(=O)C1CCc2cccnc21. The molecule has 0 saturated heterocycles. The van der Waals surface area contributed by atoms with E-state index < -0.39 is 5.60 Å². The molecule has 0 amide bonds. The number of ketones is 1. The minimum Gasteiger partial charge on any atom is -0.382 e. The fraction of sp³-hybridized carbons (Fsp3) is 0.571. The van der Waals surface area contributed by atoms with Crippen molar-refractivity contribution in [1.29, 1.82) is 0 Å². The predicted molar refractivity (Wildman–Crippen MR) is 65.8 cm³/mol. The first-order valence-electron chi connectivity index (χ1n) is 6.33. The molecule has 0 saturated carbocycles. The van der Waals surface area contributed by atoms with Gasteiger partial charge >= 0.3 is 0 Å². The molecule has 2 rings (SSSR count). The van der Waals surface area contributed by atoms with Gasteiger partial charge < -0.3 is 5.11 Å². The van der Waals surface area contributed by atoms with E-state index in [4.69, 9.17) is 0 Å². The van der Waals surface area contributed by atoms with E-state index in [9.17, 15) is 9.90 Å². The van der Waals surface area contributed by atoms with E-state index in [0.717, 1.165) is 24.1 Å². The molecule has 0 fully saturated rings. The molecule has 1 N–H and O–H groups in total. The molecule has 1 atom stereocenters. The van der Waals surface area contributed by atoms with Crippen LogP contribution in [0.3, 0.4) is 0 Å². The minimum absolute atomic E-state index is 0.0556. The number of rotatable bonds is 4. The third-order valence-corrected chi connectivity index (χ3v) is 3.90. The van der Waals surface area contributed by atoms with Crippen molar-refractivity contribution in [3.05, 3.63) is 29.6 Å². The maximum absolute atomic E-state index is 12.4. The Balaban J connectivity index is 2.29. The third kappa shape index (κ3) is 2.00. The summed E-state index contributed by atoms with van der Waals surface area (Å²) in [6, 6.07) is 3.92. The second-order valence-corrected chi connectivity index (χ2v) is 4.74. The first kappa shape index (κ1) is 12.2. The predicted octanol–water partition coefficient (Wildman–Crippen LogP) is 2.23. The highest BCUT2D eigenvalue weighted by molar-refractivity contribution is 5.93. The number of pyridine rings is 1. The lowest BCUT2D eigenvalue weighted by atomic mass is 9.83. The Hall–Kier alpha value is -1.22. The van der Waals surface area contributed by atoms with Crippen LogP contribution in [0.5, 0.6) is 0 Å². The van der Waals surface area contributed by atoms with Crippen molar-refractivity contribution in [2.75, 3.05) is 0 Å². The molecule has 0 aliphatic heterocycles. The highest BCUT2D eigenvalue weighted by Gasteiger charge is 2.40. The van der Waals surface area contributed by atoms with Crippen molar-refractivity contribution in [3.63, 3.8) is 0 Å². The normalized spacial score (nSPS) is 19.1. The molecular weight excluding hydrogens is 214 g/mol. The van der Waals surface area contributed by atoms with Gasteiger partial charge in [-0.05, 0) is 37.3 Å². The number of aromatic nitrogens is 1. The van der Waals surface area contributed by atoms with Gasteiger partial charge in [-0.25, -0.2) is 0 Å². The lowest BCUT2D eigenvalue weighted by molar-refractivity contribution is -0.139. The number of aryl methyl sites for hydroxylation is 1. The Bertz CT molecular complexity index is 424. The van der Waals surface area contributed by atoms with Crippen LogP contribution in [0.15, 0.2) is 18.3 Å². The van der Waals surface area contributed by atoms with Gasteiger partial charge in [0.05, 0.1) is 11.6 Å². The fourth-order valence-electron chi connectivity index (χ4n) is 2.59. The van der Waals surface area contributed by atoms with Crippen molar-refractivity contribution >= 4 is 5.78 Å². The monoisotopic (exact) mass is 233 g/mol. The molecule has 1 aromatic heterocycles. The largest absolute Gasteiger partial charge is 0.382 e. The molecular formula is C14H19NO2. The Morgan fingerprint density at radius 3 is 2.88 bits per heavy atom. The van der Waals surface area contributed by atoms with Crippen molar-refractivity contribution in [2.24, 2.45) is 0 Å². The number of aliphatic hydroxyl groups is 1. The number of carbonyl (C=O) groups is 1. The van der Waals surface area contributed by atoms with Gasteiger partial charge in [0.25, 0.3) is 0 Å². The van der Waals surface area contributed by atoms with Crippen LogP contribution in [0.25, 0.3) is 0 Å². The first-order chi connectivity index (χ1) is 8.12. The molecule has 0 spiro atoms. The summed E-state index contributed by atoms with van der Waals surface area (Å²) in [6.45, 7) is 3.71. The molecule has 1 aromatic rings. The Labute approximate surface area is 102 Å². The summed E-state index contributed by atoms with van der Waals surface area (Å²) in [5.74, 6) is -0.268. The van der Waals surface area contributed by atoms with E-state index in [1.165, 1.54) is 0 Å². The summed E-state index contributed by atoms with van der Waals surface area (Å²) in [5, 5.41) is 10.3. The number of carbonyl (C=O) groups excluding carboxylic acids is 1. The van der Waals surface area contributed by atoms with E-state index >= 15 is 0 Å². The van der Waals surface area contributed by atoms with Gasteiger partial charge in [0.2, 0.25) is 0 Å². The smallest absolute Gasteiger partial charge is 0.173 e. The zero-order valence-corrected chi connectivity index (χ0v) is 10.4. The molecule has 0 aromatic carbocycles. The molecule has 1 aliphatic rings. The lowest BCUT2D eigenvalue weighted by Gasteiger charge is -2.26. The number of fused-ring (bicyclic) bond motifs is 1. The maximum atomic E-state index is 12.4. The van der Waals surface area contributed by atoms with E-state index in [1.54, 1.807) is 6.20 Å². The summed E-state index contributed by atoms with van der Waals surface area (Å²) < 4.78 is 0. The van der Waals surface area contributed by atoms with Crippen LogP contribution in [0.1, 0.15) is 50.3 Å². The van der Waals surface area contributed by atoms with Crippen LogP contribution < -0.4 is 0 Å². The van der Waals surface area contributed by atoms with Crippen molar-refractivity contribution < 1.29 is 9.90 Å². The maximum Gasteiger partial charge on any atom is 0.173 e. The second kappa shape index (κ2) is 4.57. The van der Waals surface area contributed by atoms with Crippen molar-refractivity contribution in [1.82, 2.24) is 4.98 Å². The highest BCUT2D eigenvalue weighted by atomic mass is 16.3. The summed E-state index contributed by atoms with van der Waals surface area (Å²) in [6.07, 6.45) is 4.35. The quantitative estimate of drug-likeness (QED) is 0.867. The minimum atomic E-state index is -1.18. The van der Waals surface area contributed by atoms with Gasteiger partial charge in [-0.3, -0.25) is 9.78 Å². The van der Waals surface area contributed by atoms with Crippen LogP contribution in [0.4, 0.5) is 0 Å². The second-order valence-electron chi connectivity index (χ2n) is 4.74. The molecule has 1 heterocycles. The molecule has 0 bridgehead atoms. The molecule has 3 heteroatoms. The first-order valence-corrected chi connectivity index (χ1v) is 6.33. The summed E-state index contributed by atoms with van der Waals surface area (Å²) >= 11 is 0. The van der Waals surface area contributed by atoms with Crippen LogP contribution in [0, 0.1) is 0 Å². The molecule has 17 heavy (non-hydrogen) atoms. The third-order valence-electron chi connectivity index (χ3n) is 3.90. The van der Waals surface area contributed by atoms with Gasteiger partial charge in [-0.15, -0.1) is 0 Å². The molecule has 0 radical (unpaired) electrons. The number of Topliss-reactive ketones (excluding diaryl/α,β-unsaturated/α-hetero) is 1. The lowest BCUT2D eigenvalue weighted by Crippen LogP contribution is -2.40. The van der Waals surface area contributed by atoms with E-state index in [-0.39, 0.29) is 11.7 Å². The Morgan fingerprint density at radius 1 is 1.53 bits per heavy atom. The Morgan fingerprint density at radius 2 is 2.24 bits per heavy atom. The fourth-order valence-corrected chi connectivity index (χ4v) is 2.59. The summed E-state index contributed by atoms with van der Waals surface area (Å²) in [4.78, 5) is 16.7. The average Bonchev–Trinajstić information content (AvgIpc) is 2.80. The Kier molecular flexibility index (Phi) is 3.29. The van der Waals surface area contributed by atoms with Gasteiger partial charge in [-0.1, -0.05) is 19.9 Å². The van der Waals surface area contributed by atoms with Gasteiger partial charge in [0, 0.05) is 6.20 Å². The van der Waals surface area contributed by atoms with Gasteiger partial charge in [0.15, 0.2) is 5.78 Å². The van der Waals surface area contributed by atoms with Crippen molar-refractivity contribution in [2.45, 2.75) is 51.0 Å². The number of hydrogen-bond donors (Lipinski definition) is 1. The average molecular weight is 233 g/mol. The van der Waals surface area contributed by atoms with E-state index in [2.05, 4.69) is 4.98 Å². The van der Waals surface area contributed by atoms with Gasteiger partial charge in [0.1, 0.15) is 5.60 Å². The molecule has 1 aliphatic carbocycles. The van der Waals surface area contributed by atoms with Crippen LogP contribution in [-0.4, -0.2) is 21.5 Å². The summed E-state index contributed by atoms with van der Waals surface area (Å²) in [5.41, 5.74) is 0.849. The standard InChI is InChI=1S/C14H19NO2/c1-3-14(17,4-2)13(16)11-8-7-10-6-5-9-15-12(10)11/h5-6,9,11,17H,3-4,7-8H2,1-2H3. The zero-order chi connectivity index (χ0) is 12.5. The number of hydrogen-bond acceptors (Lipinski definition) is 3. The van der Waals surface area contributed by atoms with Gasteiger partial charge in [-0.2, -0.15) is 0 Å². The topological polar surface area (TPSA) is 50.2 Å². The molecule has 3 nitrogen and oxygen atoms in total. The van der Waals surface area contributed by atoms with Crippen LogP contribution in [-0.2, 0) is 11.2 Å². The van der Waals surface area contributed by atoms with E-state index in [0.29, 0.717) is 12.8 Å². The van der Waals surface area contributed by atoms with E-state index in [1.807, 2.05) is 26.0 Å². The van der Waals surface area contributed by atoms with Crippen LogP contribution in [0.2, 0.25) is 0 Å². The van der Waals surface area contributed by atoms with Crippen LogP contribution >= 0.6 is 0 Å². The van der Waals surface area contributed by atoms with Crippen molar-refractivity contribution in [3.8, 4) is 0 Å². The molecule has 92 valence electrons. The molecule has 1 unspecified atom stereocenters. The highest BCUT2D eigenvalue weighted by Crippen LogP contribution is 2.36. The number of nitrogens with zero attached hydrogens (tertiary/aromatic N) is 1. The summed E-state index contributed by atoms with van der Waals surface area (Å²) in [7, 11) is 0. The zero-order valence-electron chi connectivity index (χ0n) is 10.4.